The van der Waals surface area contributed by atoms with Gasteiger partial charge in [0.2, 0.25) is 0 Å². The number of halogens is 2. The smallest absolute Gasteiger partial charge is 0.138 e. The number of hydrogen-bond donors (Lipinski definition) is 1. The molecular weight excluding hydrogens is 354 g/mol. The lowest BCUT2D eigenvalue weighted by molar-refractivity contribution is 0.216. The average Bonchev–Trinajstić information content (AvgIpc) is 2.47. The lowest BCUT2D eigenvalue weighted by Gasteiger charge is -2.12. The van der Waals surface area contributed by atoms with Gasteiger partial charge in [0.25, 0.3) is 0 Å². The highest BCUT2D eigenvalue weighted by molar-refractivity contribution is 9.10. The summed E-state index contributed by atoms with van der Waals surface area (Å²) in [4.78, 5) is 0. The van der Waals surface area contributed by atoms with Crippen LogP contribution in [0.3, 0.4) is 0 Å². The molecule has 21 heavy (non-hydrogen) atoms. The van der Waals surface area contributed by atoms with E-state index in [-0.39, 0.29) is 0 Å². The first-order valence-electron chi connectivity index (χ1n) is 6.64. The maximum Gasteiger partial charge on any atom is 0.138 e. The van der Waals surface area contributed by atoms with Crippen molar-refractivity contribution in [2.75, 3.05) is 20.3 Å². The van der Waals surface area contributed by atoms with Crippen molar-refractivity contribution in [1.82, 2.24) is 5.32 Å². The van der Waals surface area contributed by atoms with E-state index in [1.807, 2.05) is 43.4 Å². The molecule has 0 spiro atoms. The molecular formula is C16H17BrClNO2. The Kier molecular flexibility index (Phi) is 6.36. The minimum Gasteiger partial charge on any atom is -0.490 e. The third-order valence-corrected chi connectivity index (χ3v) is 3.62. The molecule has 2 aromatic rings. The van der Waals surface area contributed by atoms with Crippen LogP contribution in [0.25, 0.3) is 0 Å². The fraction of sp³-hybridized carbons (Fsp3) is 0.250. The van der Waals surface area contributed by atoms with Gasteiger partial charge in [-0.2, -0.15) is 0 Å². The molecule has 0 aliphatic heterocycles. The third-order valence-electron chi connectivity index (χ3n) is 2.83. The van der Waals surface area contributed by atoms with Crippen LogP contribution < -0.4 is 14.8 Å². The van der Waals surface area contributed by atoms with Crippen LogP contribution in [0.2, 0.25) is 5.02 Å². The minimum atomic E-state index is 0.440. The number of ether oxygens (including phenoxy) is 2. The van der Waals surface area contributed by atoms with E-state index in [0.29, 0.717) is 24.0 Å². The molecule has 0 saturated carbocycles. The van der Waals surface area contributed by atoms with Crippen LogP contribution >= 0.6 is 27.5 Å². The van der Waals surface area contributed by atoms with Crippen molar-refractivity contribution in [3.63, 3.8) is 0 Å². The van der Waals surface area contributed by atoms with E-state index in [4.69, 9.17) is 21.1 Å². The number of rotatable bonds is 7. The maximum atomic E-state index is 6.09. The minimum absolute atomic E-state index is 0.440. The van der Waals surface area contributed by atoms with E-state index >= 15 is 0 Å². The van der Waals surface area contributed by atoms with Gasteiger partial charge in [-0.1, -0.05) is 45.7 Å². The van der Waals surface area contributed by atoms with Gasteiger partial charge in [-0.25, -0.2) is 0 Å². The van der Waals surface area contributed by atoms with Gasteiger partial charge >= 0.3 is 0 Å². The first kappa shape index (κ1) is 16.1. The van der Waals surface area contributed by atoms with E-state index in [1.165, 1.54) is 0 Å². The van der Waals surface area contributed by atoms with E-state index in [1.54, 1.807) is 6.07 Å². The first-order chi connectivity index (χ1) is 10.2. The summed E-state index contributed by atoms with van der Waals surface area (Å²) in [7, 11) is 1.91. The van der Waals surface area contributed by atoms with Crippen LogP contribution in [0.1, 0.15) is 5.56 Å². The number of para-hydroxylation sites is 1. The third kappa shape index (κ3) is 4.92. The molecule has 0 amide bonds. The van der Waals surface area contributed by atoms with Crippen molar-refractivity contribution in [3.8, 4) is 11.5 Å². The fourth-order valence-electron chi connectivity index (χ4n) is 1.88. The molecule has 112 valence electrons. The first-order valence-corrected chi connectivity index (χ1v) is 7.81. The Bertz CT molecular complexity index is 592. The molecule has 2 aromatic carbocycles. The van der Waals surface area contributed by atoms with Crippen molar-refractivity contribution in [1.29, 1.82) is 0 Å². The number of nitrogens with one attached hydrogen (secondary N) is 1. The van der Waals surface area contributed by atoms with E-state index in [9.17, 15) is 0 Å². The van der Waals surface area contributed by atoms with Crippen molar-refractivity contribution < 1.29 is 9.47 Å². The van der Waals surface area contributed by atoms with Crippen LogP contribution in [0.15, 0.2) is 46.9 Å². The molecule has 1 N–H and O–H groups in total. The molecule has 0 radical (unpaired) electrons. The zero-order valence-electron chi connectivity index (χ0n) is 11.7. The summed E-state index contributed by atoms with van der Waals surface area (Å²) in [6, 6.07) is 13.5. The van der Waals surface area contributed by atoms with Gasteiger partial charge in [0.05, 0.1) is 5.02 Å². The predicted octanol–water partition coefficient (Wildman–Crippen LogP) is 4.28. The maximum absolute atomic E-state index is 6.09. The van der Waals surface area contributed by atoms with Gasteiger partial charge < -0.3 is 14.8 Å². The summed E-state index contributed by atoms with van der Waals surface area (Å²) < 4.78 is 12.3. The zero-order chi connectivity index (χ0) is 15.1. The zero-order valence-corrected chi connectivity index (χ0v) is 14.1. The van der Waals surface area contributed by atoms with Crippen LogP contribution in [0, 0.1) is 0 Å². The molecule has 3 nitrogen and oxygen atoms in total. The SMILES string of the molecule is CNCc1ccccc1OCCOc1ccc(Br)cc1Cl. The van der Waals surface area contributed by atoms with Gasteiger partial charge in [-0.15, -0.1) is 0 Å². The van der Waals surface area contributed by atoms with E-state index < -0.39 is 0 Å². The monoisotopic (exact) mass is 369 g/mol. The molecule has 2 rings (SSSR count). The summed E-state index contributed by atoms with van der Waals surface area (Å²) >= 11 is 9.45. The largest absolute Gasteiger partial charge is 0.490 e. The molecule has 0 fully saturated rings. The molecule has 0 aromatic heterocycles. The van der Waals surface area contributed by atoms with Crippen LogP contribution in [-0.2, 0) is 6.54 Å². The molecule has 0 saturated heterocycles. The molecule has 0 unspecified atom stereocenters. The Morgan fingerprint density at radius 2 is 1.76 bits per heavy atom. The van der Waals surface area contributed by atoms with Gasteiger partial charge in [0.1, 0.15) is 24.7 Å². The molecule has 0 heterocycles. The Morgan fingerprint density at radius 1 is 1.05 bits per heavy atom. The molecule has 0 bridgehead atoms. The highest BCUT2D eigenvalue weighted by Crippen LogP contribution is 2.27. The van der Waals surface area contributed by atoms with Crippen LogP contribution in [0.4, 0.5) is 0 Å². The quantitative estimate of drug-likeness (QED) is 0.738. The second kappa shape index (κ2) is 8.27. The summed E-state index contributed by atoms with van der Waals surface area (Å²) in [5.74, 6) is 1.53. The Morgan fingerprint density at radius 3 is 2.48 bits per heavy atom. The topological polar surface area (TPSA) is 30.5 Å². The average molecular weight is 371 g/mol. The second-order valence-corrected chi connectivity index (χ2v) is 5.73. The fourth-order valence-corrected chi connectivity index (χ4v) is 2.60. The van der Waals surface area contributed by atoms with E-state index in [0.717, 1.165) is 22.3 Å². The standard InChI is InChI=1S/C16H17BrClNO2/c1-19-11-12-4-2-3-5-15(12)20-8-9-21-16-7-6-13(17)10-14(16)18/h2-7,10,19H,8-9,11H2,1H3. The predicted molar refractivity (Wildman–Crippen MR) is 89.3 cm³/mol. The van der Waals surface area contributed by atoms with Crippen LogP contribution in [0.5, 0.6) is 11.5 Å². The van der Waals surface area contributed by atoms with Gasteiger partial charge in [-0.3, -0.25) is 0 Å². The lowest BCUT2D eigenvalue weighted by atomic mass is 10.2. The van der Waals surface area contributed by atoms with Crippen molar-refractivity contribution in [3.05, 3.63) is 57.5 Å². The van der Waals surface area contributed by atoms with Gasteiger partial charge in [-0.05, 0) is 31.3 Å². The number of hydrogen-bond acceptors (Lipinski definition) is 3. The number of benzene rings is 2. The Labute approximate surface area is 138 Å². The molecule has 0 aliphatic rings. The van der Waals surface area contributed by atoms with Gasteiger partial charge in [0, 0.05) is 16.6 Å². The van der Waals surface area contributed by atoms with Crippen molar-refractivity contribution in [2.24, 2.45) is 0 Å². The van der Waals surface area contributed by atoms with Crippen molar-refractivity contribution in [2.45, 2.75) is 6.54 Å². The second-order valence-electron chi connectivity index (χ2n) is 4.41. The van der Waals surface area contributed by atoms with Gasteiger partial charge in [0.15, 0.2) is 0 Å². The highest BCUT2D eigenvalue weighted by atomic mass is 79.9. The molecule has 5 heteroatoms. The highest BCUT2D eigenvalue weighted by Gasteiger charge is 2.04. The Balaban J connectivity index is 1.84. The lowest BCUT2D eigenvalue weighted by Crippen LogP contribution is -2.12. The summed E-state index contributed by atoms with van der Waals surface area (Å²) in [5, 5.41) is 3.70. The van der Waals surface area contributed by atoms with Crippen LogP contribution in [-0.4, -0.2) is 20.3 Å². The Hall–Kier alpha value is -1.23. The molecule has 0 atom stereocenters. The summed E-state index contributed by atoms with van der Waals surface area (Å²) in [6.07, 6.45) is 0. The molecule has 0 aliphatic carbocycles. The van der Waals surface area contributed by atoms with E-state index in [2.05, 4.69) is 21.2 Å². The normalized spacial score (nSPS) is 10.4. The summed E-state index contributed by atoms with van der Waals surface area (Å²) in [5.41, 5.74) is 1.13. The van der Waals surface area contributed by atoms with Crippen molar-refractivity contribution >= 4 is 27.5 Å². The summed E-state index contributed by atoms with van der Waals surface area (Å²) in [6.45, 7) is 1.68.